The Morgan fingerprint density at radius 2 is 1.61 bits per heavy atom. The topological polar surface area (TPSA) is 90.0 Å². The second-order valence-corrected chi connectivity index (χ2v) is 10.1. The molecule has 1 aliphatic heterocycles. The van der Waals surface area contributed by atoms with Crippen molar-refractivity contribution in [1.29, 1.82) is 0 Å². The highest BCUT2D eigenvalue weighted by Gasteiger charge is 2.70. The third kappa shape index (κ3) is 4.32. The van der Waals surface area contributed by atoms with Gasteiger partial charge in [-0.25, -0.2) is 0 Å². The molecule has 2 N–H and O–H groups in total. The van der Waals surface area contributed by atoms with E-state index in [0.717, 1.165) is 17.7 Å². The van der Waals surface area contributed by atoms with Gasteiger partial charge in [0, 0.05) is 37.8 Å². The van der Waals surface area contributed by atoms with Crippen LogP contribution in [0.4, 0.5) is 18.9 Å². The average molecular weight is 484 g/mol. The Morgan fingerprint density at radius 1 is 1.03 bits per heavy atom. The van der Waals surface area contributed by atoms with E-state index in [0.29, 0.717) is 5.69 Å². The van der Waals surface area contributed by atoms with Crippen molar-refractivity contribution in [1.82, 2.24) is 9.03 Å². The van der Waals surface area contributed by atoms with Gasteiger partial charge in [-0.2, -0.15) is 30.6 Å². The summed E-state index contributed by atoms with van der Waals surface area (Å²) in [7, 11) is -4.10. The molecule has 1 saturated carbocycles. The van der Waals surface area contributed by atoms with Gasteiger partial charge in [-0.05, 0) is 35.7 Å². The molecule has 0 spiro atoms. The molecule has 33 heavy (non-hydrogen) atoms. The van der Waals surface area contributed by atoms with Crippen LogP contribution in [-0.2, 0) is 21.2 Å². The predicted octanol–water partition coefficient (Wildman–Crippen LogP) is 2.92. The first kappa shape index (κ1) is 23.5. The van der Waals surface area contributed by atoms with Gasteiger partial charge in [-0.15, -0.1) is 0 Å². The van der Waals surface area contributed by atoms with Crippen LogP contribution in [0.2, 0.25) is 0 Å². The number of aliphatic carboxylic acids is 1. The number of carboxylic acid groups (broad SMARTS) is 1. The van der Waals surface area contributed by atoms with Crippen molar-refractivity contribution in [2.75, 3.05) is 31.1 Å². The summed E-state index contributed by atoms with van der Waals surface area (Å²) in [4.78, 5) is 13.9. The summed E-state index contributed by atoms with van der Waals surface area (Å²) in [6.45, 7) is 2.40. The van der Waals surface area contributed by atoms with Crippen molar-refractivity contribution < 1.29 is 31.5 Å². The van der Waals surface area contributed by atoms with Crippen LogP contribution in [0.5, 0.6) is 0 Å². The maximum Gasteiger partial charge on any atom is 0.416 e. The van der Waals surface area contributed by atoms with Crippen LogP contribution in [0.3, 0.4) is 0 Å². The molecule has 2 aromatic carbocycles. The van der Waals surface area contributed by atoms with Gasteiger partial charge in [0.25, 0.3) is 10.2 Å². The second kappa shape index (κ2) is 8.30. The lowest BCUT2D eigenvalue weighted by atomic mass is 10.1. The molecule has 7 nitrogen and oxygen atoms in total. The smallest absolute Gasteiger partial charge is 0.416 e. The lowest BCUT2D eigenvalue weighted by molar-refractivity contribution is -0.140. The highest BCUT2D eigenvalue weighted by atomic mass is 32.2. The maximum absolute atomic E-state index is 13.1. The fraction of sp³-hybridized carbons (Fsp3) is 0.409. The summed E-state index contributed by atoms with van der Waals surface area (Å²) >= 11 is 0. The normalized spacial score (nSPS) is 26.2. The molecule has 0 amide bonds. The van der Waals surface area contributed by atoms with E-state index in [1.54, 1.807) is 42.2 Å². The van der Waals surface area contributed by atoms with Gasteiger partial charge >= 0.3 is 12.1 Å². The highest BCUT2D eigenvalue weighted by molar-refractivity contribution is 7.87. The molecule has 2 fully saturated rings. The van der Waals surface area contributed by atoms with E-state index in [-0.39, 0.29) is 26.2 Å². The number of nitrogens with zero attached hydrogens (tertiary/aromatic N) is 2. The number of carboxylic acids is 1. The first-order valence-electron chi connectivity index (χ1n) is 10.5. The fourth-order valence-corrected chi connectivity index (χ4v) is 6.23. The Balaban J connectivity index is 1.44. The molecule has 178 valence electrons. The molecule has 2 aromatic rings. The van der Waals surface area contributed by atoms with E-state index in [1.807, 2.05) is 0 Å². The lowest BCUT2D eigenvalue weighted by Gasteiger charge is -2.36. The number of piperazine rings is 1. The number of halogens is 3. The molecule has 0 aromatic heterocycles. The van der Waals surface area contributed by atoms with Crippen molar-refractivity contribution in [3.05, 3.63) is 65.7 Å². The van der Waals surface area contributed by atoms with Gasteiger partial charge in [0.1, 0.15) is 5.54 Å². The average Bonchev–Trinajstić information content (AvgIpc) is 3.37. The SMILES string of the molecule is CC1[C@H](c2ccccc2)[C@]1(NS(=O)(=O)N1CCN(c2ccc(C(F)(F)F)cc2)CC1)C(=O)O. The van der Waals surface area contributed by atoms with Gasteiger partial charge in [0.05, 0.1) is 5.56 Å². The summed E-state index contributed by atoms with van der Waals surface area (Å²) in [6, 6.07) is 13.6. The van der Waals surface area contributed by atoms with E-state index in [1.165, 1.54) is 16.4 Å². The molecule has 11 heteroatoms. The first-order chi connectivity index (χ1) is 15.5. The minimum Gasteiger partial charge on any atom is -0.480 e. The van der Waals surface area contributed by atoms with Crippen LogP contribution in [0.1, 0.15) is 24.0 Å². The van der Waals surface area contributed by atoms with Crippen molar-refractivity contribution in [2.24, 2.45) is 5.92 Å². The van der Waals surface area contributed by atoms with Gasteiger partial charge < -0.3 is 10.0 Å². The highest BCUT2D eigenvalue weighted by Crippen LogP contribution is 2.57. The molecular weight excluding hydrogens is 459 g/mol. The minimum absolute atomic E-state index is 0.0798. The third-order valence-corrected chi connectivity index (χ3v) is 8.19. The Morgan fingerprint density at radius 3 is 2.12 bits per heavy atom. The molecule has 0 bridgehead atoms. The van der Waals surface area contributed by atoms with Crippen LogP contribution in [0.25, 0.3) is 0 Å². The molecule has 1 saturated heterocycles. The summed E-state index contributed by atoms with van der Waals surface area (Å²) in [5.41, 5.74) is -1.05. The van der Waals surface area contributed by atoms with Gasteiger partial charge in [0.15, 0.2) is 0 Å². The molecular formula is C22H24F3N3O4S. The number of anilines is 1. The molecule has 3 atom stereocenters. The number of nitrogens with one attached hydrogen (secondary N) is 1. The number of hydrogen-bond acceptors (Lipinski definition) is 4. The van der Waals surface area contributed by atoms with Crippen molar-refractivity contribution in [2.45, 2.75) is 24.6 Å². The van der Waals surface area contributed by atoms with E-state index in [4.69, 9.17) is 0 Å². The molecule has 4 rings (SSSR count). The summed E-state index contributed by atoms with van der Waals surface area (Å²) in [6.07, 6.45) is -4.42. The zero-order valence-corrected chi connectivity index (χ0v) is 18.6. The zero-order chi connectivity index (χ0) is 24.0. The van der Waals surface area contributed by atoms with Gasteiger partial charge in [0.2, 0.25) is 0 Å². The fourth-order valence-electron chi connectivity index (χ4n) is 4.63. The van der Waals surface area contributed by atoms with E-state index >= 15 is 0 Å². The zero-order valence-electron chi connectivity index (χ0n) is 17.8. The Bertz CT molecular complexity index is 1120. The monoisotopic (exact) mass is 483 g/mol. The maximum atomic E-state index is 13.1. The predicted molar refractivity (Wildman–Crippen MR) is 116 cm³/mol. The largest absolute Gasteiger partial charge is 0.480 e. The van der Waals surface area contributed by atoms with Crippen LogP contribution in [-0.4, -0.2) is 55.5 Å². The van der Waals surface area contributed by atoms with Crippen molar-refractivity contribution >= 4 is 21.9 Å². The third-order valence-electron chi connectivity index (χ3n) is 6.55. The number of alkyl halides is 3. The van der Waals surface area contributed by atoms with E-state index in [2.05, 4.69) is 4.72 Å². The summed E-state index contributed by atoms with van der Waals surface area (Å²) in [5, 5.41) is 9.90. The molecule has 1 unspecified atom stereocenters. The van der Waals surface area contributed by atoms with Crippen LogP contribution in [0, 0.1) is 5.92 Å². The van der Waals surface area contributed by atoms with E-state index < -0.39 is 45.3 Å². The Kier molecular flexibility index (Phi) is 5.92. The van der Waals surface area contributed by atoms with Crippen molar-refractivity contribution in [3.63, 3.8) is 0 Å². The number of carbonyl (C=O) groups is 1. The summed E-state index contributed by atoms with van der Waals surface area (Å²) < 4.78 is 68.1. The van der Waals surface area contributed by atoms with E-state index in [9.17, 15) is 31.5 Å². The van der Waals surface area contributed by atoms with Crippen LogP contribution >= 0.6 is 0 Å². The summed E-state index contributed by atoms with van der Waals surface area (Å²) in [5.74, 6) is -2.14. The van der Waals surface area contributed by atoms with Crippen LogP contribution in [0.15, 0.2) is 54.6 Å². The van der Waals surface area contributed by atoms with Crippen molar-refractivity contribution in [3.8, 4) is 0 Å². The molecule has 2 aliphatic rings. The lowest BCUT2D eigenvalue weighted by Crippen LogP contribution is -2.56. The quantitative estimate of drug-likeness (QED) is 0.660. The molecule has 1 heterocycles. The Labute approximate surface area is 190 Å². The number of rotatable bonds is 6. The van der Waals surface area contributed by atoms with Gasteiger partial charge in [-0.1, -0.05) is 37.3 Å². The minimum atomic E-state index is -4.42. The van der Waals surface area contributed by atoms with Crippen LogP contribution < -0.4 is 9.62 Å². The number of benzene rings is 2. The number of hydrogen-bond donors (Lipinski definition) is 2. The Hall–Kier alpha value is -2.63. The second-order valence-electron chi connectivity index (χ2n) is 8.39. The standard InChI is InChI=1S/C22H24F3N3O4S/c1-15-19(16-5-3-2-4-6-16)21(15,20(29)30)26-33(31,32)28-13-11-27(12-14-28)18-9-7-17(8-10-18)22(23,24)25/h2-10,15,19,26H,11-14H2,1H3,(H,29,30)/t15?,19-,21+/m1/s1. The molecule has 0 radical (unpaired) electrons. The van der Waals surface area contributed by atoms with Gasteiger partial charge in [-0.3, -0.25) is 4.79 Å². The first-order valence-corrected chi connectivity index (χ1v) is 11.9. The molecule has 1 aliphatic carbocycles.